The molecule has 0 heterocycles. The molecule has 4 nitrogen and oxygen atoms in total. The summed E-state index contributed by atoms with van der Waals surface area (Å²) >= 11 is 0. The first kappa shape index (κ1) is 10.9. The van der Waals surface area contributed by atoms with Crippen LogP contribution in [0.15, 0.2) is 29.2 Å². The molecular formula is C9H11NO3S. The van der Waals surface area contributed by atoms with E-state index in [4.69, 9.17) is 5.73 Å². The Morgan fingerprint density at radius 1 is 1.29 bits per heavy atom. The summed E-state index contributed by atoms with van der Waals surface area (Å²) in [6, 6.07) is 6.07. The van der Waals surface area contributed by atoms with E-state index >= 15 is 0 Å². The maximum Gasteiger partial charge on any atom is 0.264 e. The van der Waals surface area contributed by atoms with Gasteiger partial charge in [0.25, 0.3) is 5.12 Å². The average Bonchev–Trinajstić information content (AvgIpc) is 2.17. The van der Waals surface area contributed by atoms with Crippen molar-refractivity contribution in [3.8, 4) is 0 Å². The molecule has 76 valence electrons. The second-order valence-electron chi connectivity index (χ2n) is 2.89. The van der Waals surface area contributed by atoms with Gasteiger partial charge in [-0.2, -0.15) is 0 Å². The molecule has 0 aliphatic heterocycles. The van der Waals surface area contributed by atoms with E-state index in [0.29, 0.717) is 0 Å². The van der Waals surface area contributed by atoms with Gasteiger partial charge in [0.05, 0.1) is 11.4 Å². The molecule has 1 rings (SSSR count). The molecule has 5 heteroatoms. The van der Waals surface area contributed by atoms with Crippen LogP contribution >= 0.6 is 0 Å². The minimum Gasteiger partial charge on any atom is -0.323 e. The summed E-state index contributed by atoms with van der Waals surface area (Å²) in [5.74, 6) is 0. The number of rotatable bonds is 2. The quantitative estimate of drug-likeness (QED) is 0.764. The Balaban J connectivity index is 3.18. The number of aryl methyl sites for hydroxylation is 1. The molecule has 0 fully saturated rings. The fraction of sp³-hybridized carbons (Fsp3) is 0.222. The third-order valence-corrected chi connectivity index (χ3v) is 3.46. The van der Waals surface area contributed by atoms with Crippen molar-refractivity contribution < 1.29 is 13.2 Å². The van der Waals surface area contributed by atoms with Gasteiger partial charge in [-0.3, -0.25) is 4.79 Å². The van der Waals surface area contributed by atoms with Gasteiger partial charge in [-0.1, -0.05) is 17.7 Å². The minimum atomic E-state index is -3.87. The fourth-order valence-corrected chi connectivity index (χ4v) is 1.94. The third-order valence-electron chi connectivity index (χ3n) is 1.80. The van der Waals surface area contributed by atoms with Crippen molar-refractivity contribution in [3.63, 3.8) is 0 Å². The number of carbonyl (C=O) groups is 1. The molecule has 0 saturated heterocycles. The van der Waals surface area contributed by atoms with Gasteiger partial charge in [-0.15, -0.1) is 0 Å². The maximum atomic E-state index is 11.4. The highest BCUT2D eigenvalue weighted by Gasteiger charge is 2.22. The summed E-state index contributed by atoms with van der Waals surface area (Å²) in [5, 5.41) is -0.957. The number of carbonyl (C=O) groups excluding carboxylic acids is 1. The van der Waals surface area contributed by atoms with Gasteiger partial charge in [-0.05, 0) is 19.1 Å². The Morgan fingerprint density at radius 2 is 1.79 bits per heavy atom. The zero-order valence-corrected chi connectivity index (χ0v) is 8.54. The van der Waals surface area contributed by atoms with E-state index in [0.717, 1.165) is 5.56 Å². The Kier molecular flexibility index (Phi) is 3.03. The van der Waals surface area contributed by atoms with Crippen LogP contribution in [0.25, 0.3) is 0 Å². The first-order chi connectivity index (χ1) is 6.48. The molecule has 0 amide bonds. The number of nitrogens with two attached hydrogens (primary N) is 1. The lowest BCUT2D eigenvalue weighted by atomic mass is 10.2. The molecule has 0 aliphatic rings. The topological polar surface area (TPSA) is 77.2 Å². The summed E-state index contributed by atoms with van der Waals surface area (Å²) in [4.78, 5) is 11.0. The second kappa shape index (κ2) is 3.89. The average molecular weight is 213 g/mol. The van der Waals surface area contributed by atoms with Crippen molar-refractivity contribution in [2.75, 3.05) is 6.54 Å². The molecule has 1 aromatic carbocycles. The van der Waals surface area contributed by atoms with Gasteiger partial charge in [-0.25, -0.2) is 8.42 Å². The molecule has 1 aromatic rings. The van der Waals surface area contributed by atoms with Gasteiger partial charge in [0.1, 0.15) is 0 Å². The number of benzene rings is 1. The summed E-state index contributed by atoms with van der Waals surface area (Å²) in [5.41, 5.74) is 5.93. The largest absolute Gasteiger partial charge is 0.323 e. The van der Waals surface area contributed by atoms with Crippen molar-refractivity contribution in [3.05, 3.63) is 29.8 Å². The van der Waals surface area contributed by atoms with Crippen LogP contribution in [0.4, 0.5) is 0 Å². The molecule has 0 bridgehead atoms. The molecule has 0 unspecified atom stereocenters. The van der Waals surface area contributed by atoms with Crippen LogP contribution in [0.2, 0.25) is 0 Å². The summed E-state index contributed by atoms with van der Waals surface area (Å²) in [7, 11) is -3.87. The van der Waals surface area contributed by atoms with E-state index < -0.39 is 21.5 Å². The van der Waals surface area contributed by atoms with Gasteiger partial charge in [0, 0.05) is 0 Å². The van der Waals surface area contributed by atoms with Crippen molar-refractivity contribution in [1.29, 1.82) is 0 Å². The molecule has 14 heavy (non-hydrogen) atoms. The maximum absolute atomic E-state index is 11.4. The van der Waals surface area contributed by atoms with E-state index in [-0.39, 0.29) is 4.90 Å². The van der Waals surface area contributed by atoms with Crippen molar-refractivity contribution in [2.45, 2.75) is 11.8 Å². The fourth-order valence-electron chi connectivity index (χ4n) is 0.959. The van der Waals surface area contributed by atoms with Crippen molar-refractivity contribution in [1.82, 2.24) is 0 Å². The number of sulfone groups is 1. The van der Waals surface area contributed by atoms with Crippen molar-refractivity contribution >= 4 is 15.0 Å². The van der Waals surface area contributed by atoms with E-state index in [1.54, 1.807) is 12.1 Å². The molecule has 0 radical (unpaired) electrons. The lowest BCUT2D eigenvalue weighted by Gasteiger charge is -2.01. The molecule has 0 aliphatic carbocycles. The van der Waals surface area contributed by atoms with Crippen LogP contribution < -0.4 is 5.73 Å². The lowest BCUT2D eigenvalue weighted by Crippen LogP contribution is -2.23. The first-order valence-electron chi connectivity index (χ1n) is 4.03. The van der Waals surface area contributed by atoms with Crippen LogP contribution in [-0.2, 0) is 14.6 Å². The van der Waals surface area contributed by atoms with E-state index in [9.17, 15) is 13.2 Å². The highest BCUT2D eigenvalue weighted by molar-refractivity contribution is 8.06. The van der Waals surface area contributed by atoms with E-state index in [1.165, 1.54) is 12.1 Å². The number of hydrogen-bond donors (Lipinski definition) is 1. The molecule has 0 saturated carbocycles. The number of hydrogen-bond acceptors (Lipinski definition) is 4. The Bertz CT molecular complexity index is 434. The summed E-state index contributed by atoms with van der Waals surface area (Å²) < 4.78 is 22.9. The SMILES string of the molecule is Cc1ccc(S(=O)(=O)C(=O)CN)cc1. The highest BCUT2D eigenvalue weighted by atomic mass is 32.2. The molecule has 2 N–H and O–H groups in total. The van der Waals surface area contributed by atoms with Crippen LogP contribution in [-0.4, -0.2) is 20.1 Å². The van der Waals surface area contributed by atoms with Gasteiger partial charge < -0.3 is 5.73 Å². The van der Waals surface area contributed by atoms with Gasteiger partial charge in [0.15, 0.2) is 0 Å². The monoisotopic (exact) mass is 213 g/mol. The van der Waals surface area contributed by atoms with Crippen molar-refractivity contribution in [2.24, 2.45) is 5.73 Å². The normalized spacial score (nSPS) is 11.3. The first-order valence-corrected chi connectivity index (χ1v) is 5.51. The van der Waals surface area contributed by atoms with Crippen LogP contribution in [0, 0.1) is 6.92 Å². The van der Waals surface area contributed by atoms with Gasteiger partial charge in [0.2, 0.25) is 9.84 Å². The van der Waals surface area contributed by atoms with Gasteiger partial charge >= 0.3 is 0 Å². The zero-order valence-electron chi connectivity index (χ0n) is 7.73. The van der Waals surface area contributed by atoms with Crippen LogP contribution in [0.3, 0.4) is 0 Å². The summed E-state index contributed by atoms with van der Waals surface area (Å²) in [6.45, 7) is 1.34. The second-order valence-corrected chi connectivity index (χ2v) is 4.83. The van der Waals surface area contributed by atoms with E-state index in [2.05, 4.69) is 0 Å². The Labute approximate surface area is 82.7 Å². The highest BCUT2D eigenvalue weighted by Crippen LogP contribution is 2.12. The standard InChI is InChI=1S/C9H11NO3S/c1-7-2-4-8(5-3-7)14(12,13)9(11)6-10/h2-5H,6,10H2,1H3. The zero-order chi connectivity index (χ0) is 10.8. The Morgan fingerprint density at radius 3 is 2.21 bits per heavy atom. The van der Waals surface area contributed by atoms with Crippen LogP contribution in [0.1, 0.15) is 5.56 Å². The third kappa shape index (κ3) is 2.00. The smallest absolute Gasteiger partial charge is 0.264 e. The molecule has 0 spiro atoms. The molecular weight excluding hydrogens is 202 g/mol. The summed E-state index contributed by atoms with van der Waals surface area (Å²) in [6.07, 6.45) is 0. The predicted molar refractivity (Wildman–Crippen MR) is 52.4 cm³/mol. The lowest BCUT2D eigenvalue weighted by molar-refractivity contribution is -0.110. The molecule has 0 aromatic heterocycles. The minimum absolute atomic E-state index is 0.00134. The molecule has 0 atom stereocenters. The predicted octanol–water partition coefficient (Wildman–Crippen LogP) is 0.254. The van der Waals surface area contributed by atoms with Crippen LogP contribution in [0.5, 0.6) is 0 Å². The Hall–Kier alpha value is -1.20. The van der Waals surface area contributed by atoms with E-state index in [1.807, 2.05) is 6.92 Å².